The van der Waals surface area contributed by atoms with Crippen LogP contribution in [-0.4, -0.2) is 30.1 Å². The Morgan fingerprint density at radius 3 is 2.46 bits per heavy atom. The van der Waals surface area contributed by atoms with E-state index >= 15 is 0 Å². The second-order valence-electron chi connectivity index (χ2n) is 5.90. The summed E-state index contributed by atoms with van der Waals surface area (Å²) in [6.07, 6.45) is 2.41. The number of carbonyl (C=O) groups excluding carboxylic acids is 2. The third-order valence-corrected chi connectivity index (χ3v) is 4.42. The summed E-state index contributed by atoms with van der Waals surface area (Å²) in [5.41, 5.74) is 0. The highest BCUT2D eigenvalue weighted by molar-refractivity contribution is 6.35. The van der Waals surface area contributed by atoms with Gasteiger partial charge in [0.25, 0.3) is 5.91 Å². The zero-order chi connectivity index (χ0) is 17.7. The van der Waals surface area contributed by atoms with Gasteiger partial charge >= 0.3 is 5.97 Å². The number of nitrogens with one attached hydrogen (secondary N) is 1. The zero-order valence-electron chi connectivity index (χ0n) is 13.7. The Balaban J connectivity index is 1.84. The fourth-order valence-electron chi connectivity index (χ4n) is 2.52. The first-order chi connectivity index (χ1) is 11.4. The summed E-state index contributed by atoms with van der Waals surface area (Å²) in [5, 5.41) is 3.67. The Bertz CT molecular complexity index is 602. The van der Waals surface area contributed by atoms with Crippen LogP contribution in [0.15, 0.2) is 18.2 Å². The summed E-state index contributed by atoms with van der Waals surface area (Å²) in [6, 6.07) is 4.89. The SMILES string of the molecule is C[C@@H](OC(=O)[C@@H](C)Oc1ccc(Cl)cc1Cl)C(=O)NC1CCCC1. The van der Waals surface area contributed by atoms with Crippen LogP contribution >= 0.6 is 23.2 Å². The van der Waals surface area contributed by atoms with E-state index in [1.165, 1.54) is 13.0 Å². The molecule has 0 radical (unpaired) electrons. The van der Waals surface area contributed by atoms with Gasteiger partial charge in [-0.3, -0.25) is 4.79 Å². The molecule has 7 heteroatoms. The van der Waals surface area contributed by atoms with Crippen molar-refractivity contribution in [2.24, 2.45) is 0 Å². The molecule has 0 aliphatic heterocycles. The predicted molar refractivity (Wildman–Crippen MR) is 92.5 cm³/mol. The molecule has 1 fully saturated rings. The molecule has 0 spiro atoms. The first-order valence-corrected chi connectivity index (χ1v) is 8.75. The molecule has 1 aromatic rings. The first-order valence-electron chi connectivity index (χ1n) is 7.99. The standard InChI is InChI=1S/C17H21Cl2NO4/c1-10(16(21)20-13-5-3-4-6-13)24-17(22)11(2)23-15-8-7-12(18)9-14(15)19/h7-11,13H,3-6H2,1-2H3,(H,20,21)/t10-,11-/m1/s1. The van der Waals surface area contributed by atoms with Gasteiger partial charge in [0.05, 0.1) is 5.02 Å². The molecule has 1 saturated carbocycles. The van der Waals surface area contributed by atoms with E-state index in [-0.39, 0.29) is 11.9 Å². The fourth-order valence-corrected chi connectivity index (χ4v) is 2.97. The molecule has 1 aliphatic carbocycles. The number of ether oxygens (including phenoxy) is 2. The van der Waals surface area contributed by atoms with Gasteiger partial charge in [-0.1, -0.05) is 36.0 Å². The van der Waals surface area contributed by atoms with E-state index in [0.717, 1.165) is 25.7 Å². The molecule has 1 amide bonds. The number of esters is 1. The van der Waals surface area contributed by atoms with Crippen molar-refractivity contribution in [2.45, 2.75) is 57.8 Å². The topological polar surface area (TPSA) is 64.6 Å². The number of hydrogen-bond acceptors (Lipinski definition) is 4. The average molecular weight is 374 g/mol. The minimum Gasteiger partial charge on any atom is -0.477 e. The third kappa shape index (κ3) is 5.28. The number of carbonyl (C=O) groups is 2. The quantitative estimate of drug-likeness (QED) is 0.771. The van der Waals surface area contributed by atoms with Crippen molar-refractivity contribution < 1.29 is 19.1 Å². The highest BCUT2D eigenvalue weighted by Crippen LogP contribution is 2.28. The van der Waals surface area contributed by atoms with Crippen molar-refractivity contribution in [3.05, 3.63) is 28.2 Å². The van der Waals surface area contributed by atoms with Crippen LogP contribution in [0.2, 0.25) is 10.0 Å². The molecule has 0 bridgehead atoms. The van der Waals surface area contributed by atoms with Crippen LogP contribution in [0.4, 0.5) is 0 Å². The van der Waals surface area contributed by atoms with Crippen molar-refractivity contribution in [2.75, 3.05) is 0 Å². The van der Waals surface area contributed by atoms with E-state index in [4.69, 9.17) is 32.7 Å². The van der Waals surface area contributed by atoms with Crippen LogP contribution in [-0.2, 0) is 14.3 Å². The number of hydrogen-bond donors (Lipinski definition) is 1. The lowest BCUT2D eigenvalue weighted by Gasteiger charge is -2.20. The molecule has 0 unspecified atom stereocenters. The van der Waals surface area contributed by atoms with Crippen LogP contribution < -0.4 is 10.1 Å². The average Bonchev–Trinajstić information content (AvgIpc) is 3.02. The molecule has 2 atom stereocenters. The zero-order valence-corrected chi connectivity index (χ0v) is 15.2. The lowest BCUT2D eigenvalue weighted by Crippen LogP contribution is -2.42. The van der Waals surface area contributed by atoms with Gasteiger partial charge < -0.3 is 14.8 Å². The van der Waals surface area contributed by atoms with Gasteiger partial charge in [0.2, 0.25) is 0 Å². The Labute approximate surface area is 151 Å². The monoisotopic (exact) mass is 373 g/mol. The van der Waals surface area contributed by atoms with Gasteiger partial charge in [0.1, 0.15) is 5.75 Å². The van der Waals surface area contributed by atoms with Crippen molar-refractivity contribution in [1.82, 2.24) is 5.32 Å². The molecule has 24 heavy (non-hydrogen) atoms. The number of benzene rings is 1. The van der Waals surface area contributed by atoms with Crippen LogP contribution in [0.5, 0.6) is 5.75 Å². The second kappa shape index (κ2) is 8.58. The fraction of sp³-hybridized carbons (Fsp3) is 0.529. The van der Waals surface area contributed by atoms with Gasteiger partial charge in [-0.05, 0) is 44.9 Å². The normalized spacial score (nSPS) is 17.2. The van der Waals surface area contributed by atoms with E-state index in [9.17, 15) is 9.59 Å². The highest BCUT2D eigenvalue weighted by atomic mass is 35.5. The molecule has 0 aromatic heterocycles. The molecule has 0 saturated heterocycles. The van der Waals surface area contributed by atoms with Crippen LogP contribution in [0.1, 0.15) is 39.5 Å². The summed E-state index contributed by atoms with van der Waals surface area (Å²) in [7, 11) is 0. The first kappa shape index (κ1) is 18.9. The van der Waals surface area contributed by atoms with Crippen molar-refractivity contribution in [3.8, 4) is 5.75 Å². The lowest BCUT2D eigenvalue weighted by atomic mass is 10.2. The van der Waals surface area contributed by atoms with E-state index < -0.39 is 18.2 Å². The molecule has 0 heterocycles. The maximum atomic E-state index is 12.1. The number of halogens is 2. The maximum Gasteiger partial charge on any atom is 0.347 e. The van der Waals surface area contributed by atoms with Gasteiger partial charge in [-0.25, -0.2) is 4.79 Å². The summed E-state index contributed by atoms with van der Waals surface area (Å²) in [4.78, 5) is 24.1. The smallest absolute Gasteiger partial charge is 0.347 e. The van der Waals surface area contributed by atoms with E-state index in [2.05, 4.69) is 5.32 Å². The summed E-state index contributed by atoms with van der Waals surface area (Å²) >= 11 is 11.8. The van der Waals surface area contributed by atoms with Crippen LogP contribution in [0.3, 0.4) is 0 Å². The maximum absolute atomic E-state index is 12.1. The van der Waals surface area contributed by atoms with E-state index in [1.807, 2.05) is 0 Å². The van der Waals surface area contributed by atoms with Gasteiger partial charge in [-0.15, -0.1) is 0 Å². The summed E-state index contributed by atoms with van der Waals surface area (Å²) in [5.74, 6) is -0.587. The largest absolute Gasteiger partial charge is 0.477 e. The Morgan fingerprint density at radius 2 is 1.83 bits per heavy atom. The molecular formula is C17H21Cl2NO4. The molecule has 1 N–H and O–H groups in total. The molecule has 1 aromatic carbocycles. The minimum absolute atomic E-state index is 0.181. The Kier molecular flexibility index (Phi) is 6.75. The molecule has 2 rings (SSSR count). The van der Waals surface area contributed by atoms with Crippen LogP contribution in [0, 0.1) is 0 Å². The van der Waals surface area contributed by atoms with Crippen molar-refractivity contribution >= 4 is 35.1 Å². The molecular weight excluding hydrogens is 353 g/mol. The summed E-state index contributed by atoms with van der Waals surface area (Å²) < 4.78 is 10.7. The third-order valence-electron chi connectivity index (χ3n) is 3.89. The van der Waals surface area contributed by atoms with Gasteiger partial charge in [0, 0.05) is 11.1 Å². The van der Waals surface area contributed by atoms with Crippen LogP contribution in [0.25, 0.3) is 0 Å². The van der Waals surface area contributed by atoms with Gasteiger partial charge in [-0.2, -0.15) is 0 Å². The van der Waals surface area contributed by atoms with Crippen molar-refractivity contribution in [1.29, 1.82) is 0 Å². The lowest BCUT2D eigenvalue weighted by molar-refractivity contribution is -0.161. The van der Waals surface area contributed by atoms with E-state index in [0.29, 0.717) is 15.8 Å². The molecule has 132 valence electrons. The summed E-state index contributed by atoms with van der Waals surface area (Å²) in [6.45, 7) is 3.08. The highest BCUT2D eigenvalue weighted by Gasteiger charge is 2.26. The minimum atomic E-state index is -0.898. The number of rotatable bonds is 6. The van der Waals surface area contributed by atoms with Crippen molar-refractivity contribution in [3.63, 3.8) is 0 Å². The molecule has 1 aliphatic rings. The van der Waals surface area contributed by atoms with E-state index in [1.54, 1.807) is 19.1 Å². The Morgan fingerprint density at radius 1 is 1.17 bits per heavy atom. The number of amides is 1. The second-order valence-corrected chi connectivity index (χ2v) is 6.75. The van der Waals surface area contributed by atoms with Gasteiger partial charge in [0.15, 0.2) is 12.2 Å². The molecule has 5 nitrogen and oxygen atoms in total. The predicted octanol–water partition coefficient (Wildman–Crippen LogP) is 3.75. The Hall–Kier alpha value is -1.46.